The Balaban J connectivity index is 2.44. The van der Waals surface area contributed by atoms with Gasteiger partial charge in [0.25, 0.3) is 0 Å². The number of benzene rings is 2. The van der Waals surface area contributed by atoms with Crippen LogP contribution in [0, 0.1) is 0 Å². The molecule has 0 aromatic heterocycles. The van der Waals surface area contributed by atoms with E-state index in [4.69, 9.17) is 0 Å². The molecular weight excluding hydrogens is 422 g/mol. The van der Waals surface area contributed by atoms with Crippen LogP contribution >= 0.6 is 45.2 Å². The second-order valence-corrected chi connectivity index (χ2v) is 9.45. The van der Waals surface area contributed by atoms with Crippen molar-refractivity contribution in [3.05, 3.63) is 53.1 Å². The van der Waals surface area contributed by atoms with Crippen molar-refractivity contribution < 1.29 is 0 Å². The van der Waals surface area contributed by atoms with E-state index >= 15 is 0 Å². The van der Waals surface area contributed by atoms with Crippen molar-refractivity contribution in [2.45, 2.75) is 8.35 Å². The number of fused-ring (bicyclic) bond motifs is 3. The number of allylic oxidation sites excluding steroid dienone is 1. The second kappa shape index (κ2) is 3.70. The quantitative estimate of drug-likeness (QED) is 0.393. The minimum Gasteiger partial charge on any atom is -0.0616 e. The fourth-order valence-electron chi connectivity index (χ4n) is 2.28. The average Bonchev–Trinajstić information content (AvgIpc) is 2.50. The van der Waals surface area contributed by atoms with Crippen LogP contribution in [0.25, 0.3) is 16.8 Å². The van der Waals surface area contributed by atoms with E-state index in [1.165, 1.54) is 27.5 Å². The summed E-state index contributed by atoms with van der Waals surface area (Å²) in [6.07, 6.45) is 2.31. The molecule has 0 heterocycles. The summed E-state index contributed by atoms with van der Waals surface area (Å²) in [6, 6.07) is 13.1. The van der Waals surface area contributed by atoms with Crippen molar-refractivity contribution in [1.29, 1.82) is 0 Å². The molecule has 2 heteroatoms. The third-order valence-electron chi connectivity index (χ3n) is 3.14. The van der Waals surface area contributed by atoms with Crippen LogP contribution in [0.3, 0.4) is 0 Å². The van der Waals surface area contributed by atoms with Gasteiger partial charge in [0.2, 0.25) is 0 Å². The molecule has 0 aliphatic heterocycles. The minimum atomic E-state index is 0.117. The maximum atomic E-state index is 2.55. The first-order chi connectivity index (χ1) is 7.60. The molecule has 0 N–H and O–H groups in total. The van der Waals surface area contributed by atoms with Gasteiger partial charge >= 0.3 is 0 Å². The maximum Gasteiger partial charge on any atom is 0.120 e. The molecule has 0 spiro atoms. The second-order valence-electron chi connectivity index (χ2n) is 4.15. The SMILES string of the molecule is CC1=Cc2ccc3ccccc3c2C1(I)I. The van der Waals surface area contributed by atoms with Crippen LogP contribution in [0.2, 0.25) is 0 Å². The monoisotopic (exact) mass is 432 g/mol. The molecule has 0 atom stereocenters. The lowest BCUT2D eigenvalue weighted by atomic mass is 10.00. The Labute approximate surface area is 122 Å². The summed E-state index contributed by atoms with van der Waals surface area (Å²) < 4.78 is 0.117. The molecule has 0 radical (unpaired) electrons. The van der Waals surface area contributed by atoms with Gasteiger partial charge in [-0.3, -0.25) is 0 Å². The topological polar surface area (TPSA) is 0 Å². The largest absolute Gasteiger partial charge is 0.120 e. The highest BCUT2D eigenvalue weighted by Crippen LogP contribution is 2.54. The number of hydrogen-bond acceptors (Lipinski definition) is 0. The number of halogens is 2. The summed E-state index contributed by atoms with van der Waals surface area (Å²) in [7, 11) is 0. The van der Waals surface area contributed by atoms with E-state index in [0.29, 0.717) is 0 Å². The van der Waals surface area contributed by atoms with Crippen LogP contribution in [0.1, 0.15) is 18.1 Å². The molecule has 3 rings (SSSR count). The predicted molar refractivity (Wildman–Crippen MR) is 87.3 cm³/mol. The lowest BCUT2D eigenvalue weighted by molar-refractivity contribution is 1.18. The van der Waals surface area contributed by atoms with Gasteiger partial charge in [0.05, 0.1) is 0 Å². The van der Waals surface area contributed by atoms with Gasteiger partial charge in [-0.05, 0) is 34.4 Å². The molecule has 1 aliphatic rings. The third-order valence-corrected chi connectivity index (χ3v) is 5.92. The highest BCUT2D eigenvalue weighted by molar-refractivity contribution is 14.2. The Bertz CT molecular complexity index is 609. The molecule has 1 aliphatic carbocycles. The van der Waals surface area contributed by atoms with Gasteiger partial charge in [-0.15, -0.1) is 0 Å². The number of rotatable bonds is 0. The van der Waals surface area contributed by atoms with Gasteiger partial charge in [0, 0.05) is 0 Å². The Morgan fingerprint density at radius 2 is 1.75 bits per heavy atom. The molecule has 0 saturated heterocycles. The predicted octanol–water partition coefficient (Wildman–Crippen LogP) is 5.28. The molecule has 0 amide bonds. The molecule has 2 aromatic rings. The molecule has 0 fully saturated rings. The summed E-state index contributed by atoms with van der Waals surface area (Å²) in [6.45, 7) is 2.22. The lowest BCUT2D eigenvalue weighted by Crippen LogP contribution is -2.06. The Kier molecular flexibility index (Phi) is 2.55. The zero-order chi connectivity index (χ0) is 11.3. The average molecular weight is 432 g/mol. The van der Waals surface area contributed by atoms with E-state index in [9.17, 15) is 0 Å². The van der Waals surface area contributed by atoms with Gasteiger partial charge in [0.1, 0.15) is 1.43 Å². The standard InChI is InChI=1S/C14H10I2/c1-9-8-11-7-6-10-4-2-3-5-12(10)13(11)14(9,15)16/h2-8H,1H3. The van der Waals surface area contributed by atoms with Crippen molar-refractivity contribution in [3.8, 4) is 0 Å². The van der Waals surface area contributed by atoms with Crippen molar-refractivity contribution >= 4 is 62.0 Å². The molecule has 0 nitrogen and oxygen atoms in total. The molecule has 2 aromatic carbocycles. The summed E-state index contributed by atoms with van der Waals surface area (Å²) in [4.78, 5) is 0. The highest BCUT2D eigenvalue weighted by Gasteiger charge is 2.35. The number of alkyl halides is 2. The van der Waals surface area contributed by atoms with E-state index < -0.39 is 0 Å². The summed E-state index contributed by atoms with van der Waals surface area (Å²) in [5, 5.41) is 2.72. The first-order valence-electron chi connectivity index (χ1n) is 5.19. The van der Waals surface area contributed by atoms with Crippen molar-refractivity contribution in [3.63, 3.8) is 0 Å². The van der Waals surface area contributed by atoms with Crippen molar-refractivity contribution in [2.24, 2.45) is 0 Å². The van der Waals surface area contributed by atoms with Gasteiger partial charge in [-0.2, -0.15) is 0 Å². The Morgan fingerprint density at radius 3 is 2.56 bits per heavy atom. The van der Waals surface area contributed by atoms with Crippen molar-refractivity contribution in [2.75, 3.05) is 0 Å². The molecule has 0 bridgehead atoms. The molecule has 16 heavy (non-hydrogen) atoms. The van der Waals surface area contributed by atoms with E-state index in [1.54, 1.807) is 0 Å². The van der Waals surface area contributed by atoms with E-state index in [1.807, 2.05) is 0 Å². The Morgan fingerprint density at radius 1 is 1.00 bits per heavy atom. The van der Waals surface area contributed by atoms with Crippen LogP contribution in [-0.4, -0.2) is 0 Å². The van der Waals surface area contributed by atoms with E-state index in [-0.39, 0.29) is 1.43 Å². The summed E-state index contributed by atoms with van der Waals surface area (Å²) in [5.74, 6) is 0. The van der Waals surface area contributed by atoms with Crippen LogP contribution in [-0.2, 0) is 1.43 Å². The number of hydrogen-bond donors (Lipinski definition) is 0. The van der Waals surface area contributed by atoms with Gasteiger partial charge in [-0.1, -0.05) is 87.7 Å². The summed E-state index contributed by atoms with van der Waals surface area (Å²) in [5.41, 5.74) is 4.27. The fourth-order valence-corrected chi connectivity index (χ4v) is 3.80. The highest BCUT2D eigenvalue weighted by atomic mass is 127. The summed E-state index contributed by atoms with van der Waals surface area (Å²) >= 11 is 5.10. The van der Waals surface area contributed by atoms with Gasteiger partial charge in [0.15, 0.2) is 0 Å². The Hall–Kier alpha value is -0.1000. The van der Waals surface area contributed by atoms with Crippen LogP contribution in [0.4, 0.5) is 0 Å². The first-order valence-corrected chi connectivity index (χ1v) is 7.35. The first kappa shape index (κ1) is 11.0. The zero-order valence-corrected chi connectivity index (χ0v) is 13.1. The molecule has 0 unspecified atom stereocenters. The van der Waals surface area contributed by atoms with Crippen LogP contribution in [0.15, 0.2) is 42.0 Å². The smallest absolute Gasteiger partial charge is 0.0616 e. The zero-order valence-electron chi connectivity index (χ0n) is 8.80. The lowest BCUT2D eigenvalue weighted by Gasteiger charge is -2.20. The molecule has 80 valence electrons. The fraction of sp³-hybridized carbons (Fsp3) is 0.143. The van der Waals surface area contributed by atoms with Gasteiger partial charge in [-0.25, -0.2) is 0 Å². The third kappa shape index (κ3) is 1.45. The van der Waals surface area contributed by atoms with Crippen molar-refractivity contribution in [1.82, 2.24) is 0 Å². The van der Waals surface area contributed by atoms with Gasteiger partial charge < -0.3 is 0 Å². The van der Waals surface area contributed by atoms with Crippen LogP contribution < -0.4 is 0 Å². The maximum absolute atomic E-state index is 2.55. The van der Waals surface area contributed by atoms with E-state index in [0.717, 1.165) is 0 Å². The minimum absolute atomic E-state index is 0.117. The normalized spacial score (nSPS) is 17.3. The van der Waals surface area contributed by atoms with Crippen LogP contribution in [0.5, 0.6) is 0 Å². The molecular formula is C14H10I2. The molecule has 0 saturated carbocycles. The van der Waals surface area contributed by atoms with E-state index in [2.05, 4.69) is 94.6 Å².